The van der Waals surface area contributed by atoms with Crippen LogP contribution in [-0.4, -0.2) is 23.3 Å². The molecule has 88 valence electrons. The van der Waals surface area contributed by atoms with Gasteiger partial charge in [-0.1, -0.05) is 12.2 Å². The van der Waals surface area contributed by atoms with Gasteiger partial charge in [-0.3, -0.25) is 0 Å². The minimum absolute atomic E-state index is 0.298. The van der Waals surface area contributed by atoms with Crippen LogP contribution in [0.2, 0.25) is 0 Å². The minimum atomic E-state index is -0.298. The zero-order chi connectivity index (χ0) is 12.1. The molecule has 0 atom stereocenters. The van der Waals surface area contributed by atoms with Gasteiger partial charge in [-0.15, -0.1) is 0 Å². The van der Waals surface area contributed by atoms with Gasteiger partial charge >= 0.3 is 5.97 Å². The van der Waals surface area contributed by atoms with Gasteiger partial charge in [0.1, 0.15) is 5.69 Å². The van der Waals surface area contributed by atoms with Crippen molar-refractivity contribution < 1.29 is 9.53 Å². The summed E-state index contributed by atoms with van der Waals surface area (Å²) < 4.78 is 4.97. The summed E-state index contributed by atoms with van der Waals surface area (Å²) in [5.74, 6) is 0.382. The summed E-state index contributed by atoms with van der Waals surface area (Å²) in [5.41, 5.74) is 3.47. The summed E-state index contributed by atoms with van der Waals surface area (Å²) in [4.78, 5) is 14.7. The van der Waals surface area contributed by atoms with Crippen LogP contribution in [0.5, 0.6) is 0 Å². The average molecular weight is 239 g/mol. The normalized spacial score (nSPS) is 11.0. The lowest BCUT2D eigenvalue weighted by molar-refractivity contribution is 0.0519. The number of aryl methyl sites for hydroxylation is 1. The molecule has 0 radical (unpaired) electrons. The van der Waals surface area contributed by atoms with Gasteiger partial charge in [-0.2, -0.15) is 12.6 Å². The summed E-state index contributed by atoms with van der Waals surface area (Å²) in [7, 11) is 0. The zero-order valence-corrected chi connectivity index (χ0v) is 10.7. The van der Waals surface area contributed by atoms with Gasteiger partial charge in [0, 0.05) is 11.4 Å². The van der Waals surface area contributed by atoms with Gasteiger partial charge < -0.3 is 9.72 Å². The monoisotopic (exact) mass is 239 g/mol. The van der Waals surface area contributed by atoms with Crippen molar-refractivity contribution in [1.82, 2.24) is 4.98 Å². The fourth-order valence-corrected chi connectivity index (χ4v) is 1.70. The number of rotatable bonds is 4. The van der Waals surface area contributed by atoms with Crippen molar-refractivity contribution in [2.24, 2.45) is 0 Å². The minimum Gasteiger partial charge on any atom is -0.461 e. The van der Waals surface area contributed by atoms with E-state index in [9.17, 15) is 4.79 Å². The fraction of sp³-hybridized carbons (Fsp3) is 0.417. The van der Waals surface area contributed by atoms with Crippen LogP contribution in [0.4, 0.5) is 0 Å². The van der Waals surface area contributed by atoms with E-state index in [0.717, 1.165) is 16.8 Å². The number of aromatic nitrogens is 1. The molecule has 0 saturated heterocycles. The third-order valence-corrected chi connectivity index (χ3v) is 2.58. The Morgan fingerprint density at radius 1 is 1.50 bits per heavy atom. The second kappa shape index (κ2) is 5.80. The maximum atomic E-state index is 11.6. The highest BCUT2D eigenvalue weighted by atomic mass is 32.1. The molecule has 1 heterocycles. The molecule has 0 aromatic carbocycles. The molecule has 3 nitrogen and oxygen atoms in total. The summed E-state index contributed by atoms with van der Waals surface area (Å²) in [6, 6.07) is 0. The van der Waals surface area contributed by atoms with E-state index in [4.69, 9.17) is 4.74 Å². The van der Waals surface area contributed by atoms with E-state index in [2.05, 4.69) is 17.6 Å². The van der Waals surface area contributed by atoms with Crippen LogP contribution in [-0.2, 0) is 4.74 Å². The first-order valence-corrected chi connectivity index (χ1v) is 5.88. The molecule has 0 aliphatic rings. The van der Waals surface area contributed by atoms with Crippen LogP contribution in [0.1, 0.15) is 34.2 Å². The summed E-state index contributed by atoms with van der Waals surface area (Å²) >= 11 is 4.11. The Labute approximate surface area is 101 Å². The van der Waals surface area contributed by atoms with Crippen LogP contribution in [0.15, 0.2) is 6.08 Å². The van der Waals surface area contributed by atoms with Gasteiger partial charge in [0.2, 0.25) is 0 Å². The standard InChI is InChI=1S/C12H17NO2S/c1-4-15-12(14)11-8(2)10(6-5-7-16)9(3)13-11/h5-6,13,16H,4,7H2,1-3H3. The Kier molecular flexibility index (Phi) is 4.68. The van der Waals surface area contributed by atoms with E-state index in [-0.39, 0.29) is 5.97 Å². The van der Waals surface area contributed by atoms with E-state index in [1.807, 2.05) is 26.0 Å². The first-order chi connectivity index (χ1) is 7.61. The highest BCUT2D eigenvalue weighted by Gasteiger charge is 2.16. The van der Waals surface area contributed by atoms with E-state index < -0.39 is 0 Å². The smallest absolute Gasteiger partial charge is 0.355 e. The number of esters is 1. The molecule has 0 spiro atoms. The van der Waals surface area contributed by atoms with Gasteiger partial charge in [0.15, 0.2) is 0 Å². The fourth-order valence-electron chi connectivity index (χ4n) is 1.59. The SMILES string of the molecule is CCOC(=O)c1[nH]c(C)c(C=CCS)c1C. The number of carbonyl (C=O) groups is 1. The molecule has 0 aliphatic carbocycles. The van der Waals surface area contributed by atoms with Crippen molar-refractivity contribution in [3.05, 3.63) is 28.6 Å². The highest BCUT2D eigenvalue weighted by molar-refractivity contribution is 7.80. The van der Waals surface area contributed by atoms with Crippen molar-refractivity contribution in [1.29, 1.82) is 0 Å². The first kappa shape index (κ1) is 12.9. The molecule has 1 N–H and O–H groups in total. The number of nitrogens with one attached hydrogen (secondary N) is 1. The summed E-state index contributed by atoms with van der Waals surface area (Å²) in [6.07, 6.45) is 3.91. The van der Waals surface area contributed by atoms with Gasteiger partial charge in [0.05, 0.1) is 6.61 Å². The van der Waals surface area contributed by atoms with Crippen LogP contribution in [0, 0.1) is 13.8 Å². The lowest BCUT2D eigenvalue weighted by Gasteiger charge is -2.00. The third-order valence-electron chi connectivity index (χ3n) is 2.36. The van der Waals surface area contributed by atoms with Crippen molar-refractivity contribution >= 4 is 24.7 Å². The quantitative estimate of drug-likeness (QED) is 0.626. The summed E-state index contributed by atoms with van der Waals surface area (Å²) in [5, 5.41) is 0. The number of aromatic amines is 1. The number of ether oxygens (including phenoxy) is 1. The summed E-state index contributed by atoms with van der Waals surface area (Å²) in [6.45, 7) is 6.03. The predicted molar refractivity (Wildman–Crippen MR) is 69.1 cm³/mol. The third kappa shape index (κ3) is 2.70. The Morgan fingerprint density at radius 3 is 2.75 bits per heavy atom. The number of hydrogen-bond acceptors (Lipinski definition) is 3. The molecule has 0 unspecified atom stereocenters. The largest absolute Gasteiger partial charge is 0.461 e. The van der Waals surface area contributed by atoms with Crippen LogP contribution in [0.25, 0.3) is 6.08 Å². The lowest BCUT2D eigenvalue weighted by atomic mass is 10.1. The predicted octanol–water partition coefficient (Wildman–Crippen LogP) is 2.75. The molecule has 1 aromatic rings. The molecule has 0 bridgehead atoms. The molecular weight excluding hydrogens is 222 g/mol. The molecule has 0 aliphatic heterocycles. The van der Waals surface area contributed by atoms with Crippen molar-refractivity contribution in [3.63, 3.8) is 0 Å². The maximum Gasteiger partial charge on any atom is 0.355 e. The number of hydrogen-bond donors (Lipinski definition) is 2. The molecule has 0 fully saturated rings. The first-order valence-electron chi connectivity index (χ1n) is 5.25. The van der Waals surface area contributed by atoms with Crippen molar-refractivity contribution in [2.75, 3.05) is 12.4 Å². The molecule has 1 rings (SSSR count). The Balaban J connectivity index is 3.06. The van der Waals surface area contributed by atoms with Crippen LogP contribution >= 0.6 is 12.6 Å². The number of thiol groups is 1. The van der Waals surface area contributed by atoms with Gasteiger partial charge in [0.25, 0.3) is 0 Å². The molecule has 0 saturated carbocycles. The number of carbonyl (C=O) groups excluding carboxylic acids is 1. The Morgan fingerprint density at radius 2 is 2.19 bits per heavy atom. The van der Waals surface area contributed by atoms with Crippen LogP contribution < -0.4 is 0 Å². The van der Waals surface area contributed by atoms with Gasteiger partial charge in [-0.05, 0) is 31.9 Å². The van der Waals surface area contributed by atoms with Gasteiger partial charge in [-0.25, -0.2) is 4.79 Å². The van der Waals surface area contributed by atoms with E-state index in [1.54, 1.807) is 6.92 Å². The molecular formula is C12H17NO2S. The van der Waals surface area contributed by atoms with E-state index in [1.165, 1.54) is 0 Å². The topological polar surface area (TPSA) is 42.1 Å². The highest BCUT2D eigenvalue weighted by Crippen LogP contribution is 2.20. The van der Waals surface area contributed by atoms with E-state index >= 15 is 0 Å². The second-order valence-electron chi connectivity index (χ2n) is 3.47. The molecule has 1 aromatic heterocycles. The van der Waals surface area contributed by atoms with E-state index in [0.29, 0.717) is 18.1 Å². The maximum absolute atomic E-state index is 11.6. The van der Waals surface area contributed by atoms with Crippen molar-refractivity contribution in [3.8, 4) is 0 Å². The number of H-pyrrole nitrogens is 1. The van der Waals surface area contributed by atoms with Crippen molar-refractivity contribution in [2.45, 2.75) is 20.8 Å². The second-order valence-corrected chi connectivity index (χ2v) is 3.83. The van der Waals surface area contributed by atoms with Crippen LogP contribution in [0.3, 0.4) is 0 Å². The molecule has 4 heteroatoms. The molecule has 0 amide bonds. The lowest BCUT2D eigenvalue weighted by Crippen LogP contribution is -2.06. The zero-order valence-electron chi connectivity index (χ0n) is 9.83. The Bertz CT molecular complexity index is 407. The average Bonchev–Trinajstić information content (AvgIpc) is 2.53. The Hall–Kier alpha value is -1.16. The molecule has 16 heavy (non-hydrogen) atoms.